The first-order chi connectivity index (χ1) is 14.3. The van der Waals surface area contributed by atoms with Crippen LogP contribution in [0.5, 0.6) is 0 Å². The number of carbonyl (C=O) groups excluding carboxylic acids is 2. The van der Waals surface area contributed by atoms with Crippen LogP contribution < -0.4 is 14.9 Å². The average molecular weight is 434 g/mol. The quantitative estimate of drug-likeness (QED) is 0.558. The Kier molecular flexibility index (Phi) is 8.37. The first-order valence-electron chi connectivity index (χ1n) is 9.49. The Hall–Kier alpha value is -2.91. The van der Waals surface area contributed by atoms with Gasteiger partial charge in [0.15, 0.2) is 0 Å². The minimum Gasteiger partial charge on any atom is -0.383 e. The van der Waals surface area contributed by atoms with E-state index >= 15 is 0 Å². The maximum atomic E-state index is 12.6. The summed E-state index contributed by atoms with van der Waals surface area (Å²) in [5, 5.41) is 5.33. The molecule has 0 spiro atoms. The van der Waals surface area contributed by atoms with Gasteiger partial charge in [-0.15, -0.1) is 0 Å². The van der Waals surface area contributed by atoms with Crippen LogP contribution in [0.15, 0.2) is 48.5 Å². The van der Waals surface area contributed by atoms with Crippen molar-refractivity contribution < 1.29 is 22.7 Å². The molecule has 0 saturated heterocycles. The maximum Gasteiger partial charge on any atom is 0.253 e. The third-order valence-electron chi connectivity index (χ3n) is 4.36. The number of nitrogens with zero attached hydrogens (tertiary/aromatic N) is 1. The number of sulfonamides is 1. The van der Waals surface area contributed by atoms with Gasteiger partial charge in [-0.25, -0.2) is 8.42 Å². The first kappa shape index (κ1) is 23.4. The van der Waals surface area contributed by atoms with Crippen molar-refractivity contribution in [1.29, 1.82) is 0 Å². The molecule has 2 aromatic rings. The highest BCUT2D eigenvalue weighted by Gasteiger charge is 2.22. The molecule has 0 heterocycles. The number of methoxy groups -OCH3 is 1. The number of carbonyl (C=O) groups is 2. The van der Waals surface area contributed by atoms with E-state index in [1.165, 1.54) is 7.11 Å². The molecule has 0 unspecified atom stereocenters. The fourth-order valence-electron chi connectivity index (χ4n) is 2.77. The number of benzene rings is 2. The fraction of sp³-hybridized carbons (Fsp3) is 0.333. The van der Waals surface area contributed by atoms with Gasteiger partial charge in [-0.05, 0) is 36.2 Å². The molecule has 0 saturated carbocycles. The van der Waals surface area contributed by atoms with Gasteiger partial charge in [0.25, 0.3) is 5.91 Å². The zero-order valence-corrected chi connectivity index (χ0v) is 18.2. The highest BCUT2D eigenvalue weighted by atomic mass is 32.2. The molecule has 0 aliphatic carbocycles. The number of aryl methyl sites for hydroxylation is 1. The lowest BCUT2D eigenvalue weighted by Gasteiger charge is -2.22. The molecule has 8 nitrogen and oxygen atoms in total. The molecule has 0 aromatic heterocycles. The Morgan fingerprint density at radius 2 is 1.73 bits per heavy atom. The van der Waals surface area contributed by atoms with Crippen molar-refractivity contribution in [2.24, 2.45) is 0 Å². The van der Waals surface area contributed by atoms with E-state index < -0.39 is 22.5 Å². The predicted molar refractivity (Wildman–Crippen MR) is 117 cm³/mol. The molecule has 2 amide bonds. The van der Waals surface area contributed by atoms with Crippen LogP contribution in [0, 0.1) is 0 Å². The number of para-hydroxylation sites is 1. The van der Waals surface area contributed by atoms with Crippen LogP contribution in [0.1, 0.15) is 22.8 Å². The molecule has 0 radical (unpaired) electrons. The van der Waals surface area contributed by atoms with Crippen LogP contribution in [0.25, 0.3) is 0 Å². The second-order valence-electron chi connectivity index (χ2n) is 6.63. The van der Waals surface area contributed by atoms with Crippen molar-refractivity contribution >= 4 is 33.2 Å². The fourth-order valence-corrected chi connectivity index (χ4v) is 3.63. The summed E-state index contributed by atoms with van der Waals surface area (Å²) in [6, 6.07) is 13.5. The molecular formula is C21H27N3O5S. The van der Waals surface area contributed by atoms with Crippen molar-refractivity contribution in [2.75, 3.05) is 42.7 Å². The number of amides is 2. The molecule has 2 rings (SSSR count). The molecule has 0 fully saturated rings. The van der Waals surface area contributed by atoms with Gasteiger partial charge in [0, 0.05) is 13.7 Å². The zero-order valence-electron chi connectivity index (χ0n) is 17.3. The lowest BCUT2D eigenvalue weighted by molar-refractivity contribution is -0.114. The minimum absolute atomic E-state index is 0.278. The van der Waals surface area contributed by atoms with Gasteiger partial charge in [0.2, 0.25) is 15.9 Å². The highest BCUT2D eigenvalue weighted by molar-refractivity contribution is 7.92. The summed E-state index contributed by atoms with van der Waals surface area (Å²) in [5.41, 5.74) is 2.04. The van der Waals surface area contributed by atoms with Gasteiger partial charge in [-0.1, -0.05) is 31.2 Å². The van der Waals surface area contributed by atoms with Crippen molar-refractivity contribution in [3.8, 4) is 0 Å². The number of ether oxygens (including phenoxy) is 1. The molecule has 0 aliphatic rings. The largest absolute Gasteiger partial charge is 0.383 e. The van der Waals surface area contributed by atoms with E-state index in [4.69, 9.17) is 4.74 Å². The summed E-state index contributed by atoms with van der Waals surface area (Å²) in [6.45, 7) is 2.28. The lowest BCUT2D eigenvalue weighted by atomic mass is 10.1. The Labute approximate surface area is 177 Å². The summed E-state index contributed by atoms with van der Waals surface area (Å²) in [7, 11) is -2.16. The molecule has 2 N–H and O–H groups in total. The molecule has 0 atom stereocenters. The number of nitrogens with one attached hydrogen (secondary N) is 2. The lowest BCUT2D eigenvalue weighted by Crippen LogP contribution is -2.37. The van der Waals surface area contributed by atoms with Gasteiger partial charge < -0.3 is 15.4 Å². The van der Waals surface area contributed by atoms with E-state index in [9.17, 15) is 18.0 Å². The Balaban J connectivity index is 2.17. The summed E-state index contributed by atoms with van der Waals surface area (Å²) in [6.07, 6.45) is 1.87. The zero-order chi connectivity index (χ0) is 22.1. The van der Waals surface area contributed by atoms with E-state index in [1.807, 2.05) is 19.1 Å². The van der Waals surface area contributed by atoms with Gasteiger partial charge in [0.05, 0.1) is 29.8 Å². The monoisotopic (exact) mass is 433 g/mol. The molecule has 9 heteroatoms. The van der Waals surface area contributed by atoms with Gasteiger partial charge >= 0.3 is 0 Å². The molecule has 2 aromatic carbocycles. The summed E-state index contributed by atoms with van der Waals surface area (Å²) in [5.74, 6) is -0.921. The van der Waals surface area contributed by atoms with Crippen LogP contribution in [0.4, 0.5) is 11.4 Å². The van der Waals surface area contributed by atoms with E-state index in [1.54, 1.807) is 36.4 Å². The maximum absolute atomic E-state index is 12.6. The number of hydrogen-bond acceptors (Lipinski definition) is 5. The second-order valence-corrected chi connectivity index (χ2v) is 8.54. The minimum atomic E-state index is -3.69. The highest BCUT2D eigenvalue weighted by Crippen LogP contribution is 2.20. The SMILES string of the molecule is CCc1ccc(N(CC(=O)Nc2ccccc2C(=O)NCCOC)S(C)(=O)=O)cc1. The Morgan fingerprint density at radius 3 is 2.33 bits per heavy atom. The molecule has 0 bridgehead atoms. The topological polar surface area (TPSA) is 105 Å². The van der Waals surface area contributed by atoms with Crippen molar-refractivity contribution in [2.45, 2.75) is 13.3 Å². The summed E-state index contributed by atoms with van der Waals surface area (Å²) in [4.78, 5) is 25.0. The molecule has 0 aliphatic heterocycles. The third kappa shape index (κ3) is 6.57. The normalized spacial score (nSPS) is 11.0. The Bertz CT molecular complexity index is 974. The first-order valence-corrected chi connectivity index (χ1v) is 11.3. The Morgan fingerprint density at radius 1 is 1.07 bits per heavy atom. The van der Waals surface area contributed by atoms with Gasteiger partial charge in [0.1, 0.15) is 6.54 Å². The summed E-state index contributed by atoms with van der Waals surface area (Å²) >= 11 is 0. The number of anilines is 2. The van der Waals surface area contributed by atoms with Crippen LogP contribution >= 0.6 is 0 Å². The smallest absolute Gasteiger partial charge is 0.253 e. The molecular weight excluding hydrogens is 406 g/mol. The van der Waals surface area contributed by atoms with Crippen LogP contribution in [0.3, 0.4) is 0 Å². The van der Waals surface area contributed by atoms with E-state index in [0.29, 0.717) is 24.5 Å². The third-order valence-corrected chi connectivity index (χ3v) is 5.50. The van der Waals surface area contributed by atoms with E-state index in [-0.39, 0.29) is 11.5 Å². The number of rotatable bonds is 10. The van der Waals surface area contributed by atoms with E-state index in [2.05, 4.69) is 10.6 Å². The number of hydrogen-bond donors (Lipinski definition) is 2. The standard InChI is InChI=1S/C21H27N3O5S/c1-4-16-9-11-17(12-10-16)24(30(3,27)28)15-20(25)23-19-8-6-5-7-18(19)21(26)22-13-14-29-2/h5-12H,4,13-15H2,1-3H3,(H,22,26)(H,23,25). The van der Waals surface area contributed by atoms with Crippen molar-refractivity contribution in [3.05, 3.63) is 59.7 Å². The van der Waals surface area contributed by atoms with Crippen molar-refractivity contribution in [3.63, 3.8) is 0 Å². The van der Waals surface area contributed by atoms with E-state index in [0.717, 1.165) is 22.5 Å². The molecule has 162 valence electrons. The summed E-state index contributed by atoms with van der Waals surface area (Å²) < 4.78 is 30.5. The van der Waals surface area contributed by atoms with Crippen LogP contribution in [-0.2, 0) is 26.0 Å². The van der Waals surface area contributed by atoms with Gasteiger partial charge in [-0.3, -0.25) is 13.9 Å². The van der Waals surface area contributed by atoms with Crippen LogP contribution in [0.2, 0.25) is 0 Å². The van der Waals surface area contributed by atoms with Crippen LogP contribution in [-0.4, -0.2) is 53.3 Å². The second kappa shape index (κ2) is 10.7. The van der Waals surface area contributed by atoms with Crippen molar-refractivity contribution in [1.82, 2.24) is 5.32 Å². The molecule has 30 heavy (non-hydrogen) atoms. The van der Waals surface area contributed by atoms with Gasteiger partial charge in [-0.2, -0.15) is 0 Å². The average Bonchev–Trinajstić information content (AvgIpc) is 2.72. The predicted octanol–water partition coefficient (Wildman–Crippen LogP) is 2.03.